The largest absolute Gasteiger partial charge is 0.306 e. The molecule has 1 N–H and O–H groups in total. The molecule has 0 atom stereocenters. The smallest absolute Gasteiger partial charge is 0.264 e. The monoisotopic (exact) mass is 330 g/mol. The lowest BCUT2D eigenvalue weighted by Crippen LogP contribution is -2.14. The molecule has 2 rings (SSSR count). The van der Waals surface area contributed by atoms with Crippen LogP contribution in [-0.4, -0.2) is 9.97 Å². The van der Waals surface area contributed by atoms with Crippen molar-refractivity contribution < 1.29 is 4.39 Å². The minimum atomic E-state index is -0.312. The van der Waals surface area contributed by atoms with Gasteiger partial charge in [-0.15, -0.1) is 0 Å². The zero-order valence-corrected chi connectivity index (χ0v) is 10.6. The van der Waals surface area contributed by atoms with E-state index in [0.29, 0.717) is 20.7 Å². The van der Waals surface area contributed by atoms with Gasteiger partial charge < -0.3 is 4.98 Å². The summed E-state index contributed by atoms with van der Waals surface area (Å²) in [5.74, 6) is 0.149. The van der Waals surface area contributed by atoms with Crippen LogP contribution in [0.15, 0.2) is 29.1 Å². The van der Waals surface area contributed by atoms with Crippen molar-refractivity contribution in [2.75, 3.05) is 0 Å². The van der Waals surface area contributed by atoms with Gasteiger partial charge in [-0.3, -0.25) is 4.79 Å². The molecule has 0 bridgehead atoms. The van der Waals surface area contributed by atoms with E-state index in [4.69, 9.17) is 0 Å². The van der Waals surface area contributed by atoms with E-state index in [9.17, 15) is 9.18 Å². The Morgan fingerprint density at radius 1 is 1.31 bits per heavy atom. The Morgan fingerprint density at radius 3 is 2.50 bits per heavy atom. The van der Waals surface area contributed by atoms with Gasteiger partial charge in [0.1, 0.15) is 11.6 Å². The van der Waals surface area contributed by atoms with Gasteiger partial charge in [-0.1, -0.05) is 0 Å². The molecule has 0 aliphatic carbocycles. The van der Waals surface area contributed by atoms with Gasteiger partial charge in [0.15, 0.2) is 0 Å². The van der Waals surface area contributed by atoms with E-state index in [1.165, 1.54) is 12.1 Å². The van der Waals surface area contributed by atoms with Crippen LogP contribution in [-0.2, 0) is 0 Å². The molecule has 0 saturated carbocycles. The first-order valence-electron chi connectivity index (χ1n) is 4.60. The van der Waals surface area contributed by atoms with Gasteiger partial charge >= 0.3 is 0 Å². The maximum absolute atomic E-state index is 12.7. The number of hydrogen-bond donors (Lipinski definition) is 1. The highest BCUT2D eigenvalue weighted by Gasteiger charge is 2.06. The van der Waals surface area contributed by atoms with Gasteiger partial charge in [0, 0.05) is 5.56 Å². The molecule has 0 spiro atoms. The summed E-state index contributed by atoms with van der Waals surface area (Å²) in [5, 5.41) is 0. The number of nitrogens with zero attached hydrogens (tertiary/aromatic N) is 1. The second kappa shape index (κ2) is 4.32. The average molecular weight is 330 g/mol. The highest BCUT2D eigenvalue weighted by molar-refractivity contribution is 14.1. The molecule has 0 radical (unpaired) electrons. The predicted octanol–water partition coefficient (Wildman–Crippen LogP) is 2.49. The van der Waals surface area contributed by atoms with Crippen LogP contribution in [0.3, 0.4) is 0 Å². The molecule has 0 unspecified atom stereocenters. The van der Waals surface area contributed by atoms with Crippen LogP contribution in [0.5, 0.6) is 0 Å². The predicted molar refractivity (Wildman–Crippen MR) is 67.7 cm³/mol. The van der Waals surface area contributed by atoms with Gasteiger partial charge in [0.25, 0.3) is 5.56 Å². The number of rotatable bonds is 1. The van der Waals surface area contributed by atoms with E-state index in [0.717, 1.165) is 0 Å². The molecule has 0 fully saturated rings. The molecule has 3 nitrogen and oxygen atoms in total. The molecule has 0 amide bonds. The lowest BCUT2D eigenvalue weighted by atomic mass is 10.2. The highest BCUT2D eigenvalue weighted by atomic mass is 127. The molecule has 0 aliphatic rings. The molecule has 1 aromatic heterocycles. The van der Waals surface area contributed by atoms with E-state index in [-0.39, 0.29) is 11.4 Å². The van der Waals surface area contributed by atoms with Crippen molar-refractivity contribution in [1.29, 1.82) is 0 Å². The summed E-state index contributed by atoms with van der Waals surface area (Å²) in [5.41, 5.74) is 1.19. The standard InChI is InChI=1S/C11H8FIN2O/c1-6-9(13)11(16)15-10(14-6)7-2-4-8(12)5-3-7/h2-5H,1H3,(H,14,15,16). The molecule has 16 heavy (non-hydrogen) atoms. The van der Waals surface area contributed by atoms with Gasteiger partial charge in [0.2, 0.25) is 0 Å². The summed E-state index contributed by atoms with van der Waals surface area (Å²) in [4.78, 5) is 18.4. The number of H-pyrrole nitrogens is 1. The van der Waals surface area contributed by atoms with Crippen molar-refractivity contribution in [2.45, 2.75) is 6.92 Å². The Labute approximate surface area is 105 Å². The van der Waals surface area contributed by atoms with E-state index >= 15 is 0 Å². The van der Waals surface area contributed by atoms with Gasteiger partial charge in [0.05, 0.1) is 9.26 Å². The Bertz CT molecular complexity index is 578. The second-order valence-electron chi connectivity index (χ2n) is 3.32. The van der Waals surface area contributed by atoms with Crippen molar-refractivity contribution >= 4 is 22.6 Å². The number of hydrogen-bond acceptors (Lipinski definition) is 2. The minimum absolute atomic E-state index is 0.174. The third-order valence-corrected chi connectivity index (χ3v) is 3.42. The summed E-state index contributed by atoms with van der Waals surface area (Å²) >= 11 is 1.94. The summed E-state index contributed by atoms with van der Waals surface area (Å²) in [6.45, 7) is 1.77. The fourth-order valence-corrected chi connectivity index (χ4v) is 1.57. The number of aromatic amines is 1. The maximum Gasteiger partial charge on any atom is 0.264 e. The van der Waals surface area contributed by atoms with E-state index in [1.807, 2.05) is 22.6 Å². The summed E-state index contributed by atoms with van der Waals surface area (Å²) < 4.78 is 13.3. The summed E-state index contributed by atoms with van der Waals surface area (Å²) in [6.07, 6.45) is 0. The molecular weight excluding hydrogens is 322 g/mol. The summed E-state index contributed by atoms with van der Waals surface area (Å²) in [6, 6.07) is 5.84. The third kappa shape index (κ3) is 2.13. The zero-order valence-electron chi connectivity index (χ0n) is 8.42. The molecule has 82 valence electrons. The van der Waals surface area contributed by atoms with E-state index in [1.54, 1.807) is 19.1 Å². The van der Waals surface area contributed by atoms with Gasteiger partial charge in [-0.2, -0.15) is 0 Å². The number of nitrogens with one attached hydrogen (secondary N) is 1. The van der Waals surface area contributed by atoms with Crippen molar-refractivity contribution in [3.63, 3.8) is 0 Å². The Balaban J connectivity index is 2.57. The first-order valence-corrected chi connectivity index (χ1v) is 5.68. The summed E-state index contributed by atoms with van der Waals surface area (Å²) in [7, 11) is 0. The average Bonchev–Trinajstić information content (AvgIpc) is 2.26. The zero-order chi connectivity index (χ0) is 11.7. The number of benzene rings is 1. The fraction of sp³-hybridized carbons (Fsp3) is 0.0909. The van der Waals surface area contributed by atoms with Gasteiger partial charge in [-0.05, 0) is 53.8 Å². The maximum atomic E-state index is 12.7. The van der Waals surface area contributed by atoms with Crippen LogP contribution in [0.25, 0.3) is 11.4 Å². The van der Waals surface area contributed by atoms with E-state index in [2.05, 4.69) is 9.97 Å². The van der Waals surface area contributed by atoms with Crippen LogP contribution in [0, 0.1) is 16.3 Å². The Hall–Kier alpha value is -1.24. The van der Waals surface area contributed by atoms with Crippen LogP contribution in [0.1, 0.15) is 5.69 Å². The van der Waals surface area contributed by atoms with Gasteiger partial charge in [-0.25, -0.2) is 9.37 Å². The first-order chi connectivity index (χ1) is 7.58. The van der Waals surface area contributed by atoms with Crippen LogP contribution < -0.4 is 5.56 Å². The van der Waals surface area contributed by atoms with Crippen LogP contribution in [0.2, 0.25) is 0 Å². The molecule has 1 aromatic carbocycles. The fourth-order valence-electron chi connectivity index (χ4n) is 1.32. The topological polar surface area (TPSA) is 45.8 Å². The molecular formula is C11H8FIN2O. The van der Waals surface area contributed by atoms with Crippen molar-refractivity contribution in [1.82, 2.24) is 9.97 Å². The minimum Gasteiger partial charge on any atom is -0.306 e. The molecule has 2 aromatic rings. The van der Waals surface area contributed by atoms with Crippen molar-refractivity contribution in [2.24, 2.45) is 0 Å². The van der Waals surface area contributed by atoms with Crippen molar-refractivity contribution in [3.8, 4) is 11.4 Å². The normalized spacial score (nSPS) is 10.4. The third-order valence-electron chi connectivity index (χ3n) is 2.15. The molecule has 5 heteroatoms. The first kappa shape index (κ1) is 11.3. The van der Waals surface area contributed by atoms with E-state index < -0.39 is 0 Å². The lowest BCUT2D eigenvalue weighted by molar-refractivity contribution is 0.628. The molecule has 1 heterocycles. The second-order valence-corrected chi connectivity index (χ2v) is 4.40. The van der Waals surface area contributed by atoms with Crippen molar-refractivity contribution in [3.05, 3.63) is 49.7 Å². The Morgan fingerprint density at radius 2 is 1.94 bits per heavy atom. The highest BCUT2D eigenvalue weighted by Crippen LogP contribution is 2.15. The number of aryl methyl sites for hydroxylation is 1. The number of halogens is 2. The number of aromatic nitrogens is 2. The molecule has 0 saturated heterocycles. The quantitative estimate of drug-likeness (QED) is 0.817. The SMILES string of the molecule is Cc1nc(-c2ccc(F)cc2)[nH]c(=O)c1I. The van der Waals surface area contributed by atoms with Crippen LogP contribution >= 0.6 is 22.6 Å². The van der Waals surface area contributed by atoms with Crippen LogP contribution in [0.4, 0.5) is 4.39 Å². The Kier molecular flexibility index (Phi) is 3.04. The lowest BCUT2D eigenvalue weighted by Gasteiger charge is -2.03. The molecule has 0 aliphatic heterocycles.